The molecule has 0 aliphatic heterocycles. The molecule has 0 heterocycles. The Morgan fingerprint density at radius 3 is 2.80 bits per heavy atom. The third-order valence-corrected chi connectivity index (χ3v) is 4.56. The molecule has 2 rings (SSSR count). The van der Waals surface area contributed by atoms with E-state index in [1.807, 2.05) is 0 Å². The Balaban J connectivity index is 2.40. The zero-order valence-electron chi connectivity index (χ0n) is 9.19. The molecule has 1 aromatic carbocycles. The van der Waals surface area contributed by atoms with E-state index in [1.54, 1.807) is 0 Å². The van der Waals surface area contributed by atoms with Crippen LogP contribution in [-0.2, 0) is 6.42 Å². The molecule has 0 fully saturated rings. The van der Waals surface area contributed by atoms with Crippen LogP contribution in [0.4, 0.5) is 0 Å². The van der Waals surface area contributed by atoms with Gasteiger partial charge in [-0.05, 0) is 47.9 Å². The Bertz CT molecular complexity index is 369. The summed E-state index contributed by atoms with van der Waals surface area (Å²) in [5.41, 5.74) is 3.42. The van der Waals surface area contributed by atoms with Crippen LogP contribution in [0, 0.1) is 5.41 Å². The molecule has 15 heavy (non-hydrogen) atoms. The van der Waals surface area contributed by atoms with Gasteiger partial charge in [-0.3, -0.25) is 0 Å². The van der Waals surface area contributed by atoms with Crippen molar-refractivity contribution in [2.75, 3.05) is 0 Å². The molecule has 0 saturated heterocycles. The van der Waals surface area contributed by atoms with E-state index in [0.29, 0.717) is 10.2 Å². The van der Waals surface area contributed by atoms with Crippen molar-refractivity contribution < 1.29 is 0 Å². The second kappa shape index (κ2) is 4.21. The third kappa shape index (κ3) is 2.65. The van der Waals surface area contributed by atoms with Crippen molar-refractivity contribution in [3.05, 3.63) is 33.8 Å². The molecule has 1 aliphatic rings. The smallest absolute Gasteiger partial charge is 0.0403 e. The van der Waals surface area contributed by atoms with Gasteiger partial charge in [0.15, 0.2) is 0 Å². The molecular formula is C13H16Br2. The summed E-state index contributed by atoms with van der Waals surface area (Å²) < 4.78 is 1.19. The van der Waals surface area contributed by atoms with Crippen LogP contribution in [0.2, 0.25) is 0 Å². The van der Waals surface area contributed by atoms with E-state index in [2.05, 4.69) is 63.9 Å². The van der Waals surface area contributed by atoms with Crippen LogP contribution in [0.1, 0.15) is 42.6 Å². The molecule has 0 amide bonds. The van der Waals surface area contributed by atoms with Crippen molar-refractivity contribution in [2.24, 2.45) is 5.41 Å². The van der Waals surface area contributed by atoms with Gasteiger partial charge < -0.3 is 0 Å². The Hall–Kier alpha value is 0.180. The van der Waals surface area contributed by atoms with Crippen molar-refractivity contribution in [1.82, 2.24) is 0 Å². The predicted octanol–water partition coefficient (Wildman–Crippen LogP) is 5.25. The average Bonchev–Trinajstić information content (AvgIpc) is 2.24. The highest BCUT2D eigenvalue weighted by Gasteiger charge is 2.27. The summed E-state index contributed by atoms with van der Waals surface area (Å²) in [6.45, 7) is 4.73. The number of hydrogen-bond donors (Lipinski definition) is 0. The number of fused-ring (bicyclic) bond motifs is 1. The number of benzene rings is 1. The summed E-state index contributed by atoms with van der Waals surface area (Å²) in [7, 11) is 0. The minimum absolute atomic E-state index is 0.444. The summed E-state index contributed by atoms with van der Waals surface area (Å²) in [5.74, 6) is 0. The van der Waals surface area contributed by atoms with Crippen molar-refractivity contribution in [1.29, 1.82) is 0 Å². The van der Waals surface area contributed by atoms with E-state index in [1.165, 1.54) is 34.9 Å². The van der Waals surface area contributed by atoms with Gasteiger partial charge in [0.2, 0.25) is 0 Å². The second-order valence-corrected chi connectivity index (χ2v) is 7.20. The molecule has 1 aromatic rings. The fraction of sp³-hybridized carbons (Fsp3) is 0.538. The largest absolute Gasteiger partial charge is 0.0838 e. The molecule has 0 aromatic heterocycles. The molecule has 1 aliphatic carbocycles. The summed E-state index contributed by atoms with van der Waals surface area (Å²) in [6.07, 6.45) is 3.71. The van der Waals surface area contributed by atoms with E-state index in [4.69, 9.17) is 0 Å². The molecule has 82 valence electrons. The normalized spacial score (nSPS) is 24.4. The van der Waals surface area contributed by atoms with Crippen LogP contribution < -0.4 is 0 Å². The van der Waals surface area contributed by atoms with Crippen LogP contribution in [-0.4, -0.2) is 0 Å². The van der Waals surface area contributed by atoms with Crippen molar-refractivity contribution in [3.63, 3.8) is 0 Å². The molecule has 2 heteroatoms. The number of hydrogen-bond acceptors (Lipinski definition) is 0. The molecule has 0 nitrogen and oxygen atoms in total. The van der Waals surface area contributed by atoms with E-state index in [0.717, 1.165) is 0 Å². The first kappa shape index (κ1) is 11.7. The Kier molecular flexibility index (Phi) is 3.27. The average molecular weight is 332 g/mol. The van der Waals surface area contributed by atoms with Gasteiger partial charge in [0.25, 0.3) is 0 Å². The second-order valence-electron chi connectivity index (χ2n) is 5.18. The van der Waals surface area contributed by atoms with Gasteiger partial charge >= 0.3 is 0 Å². The van der Waals surface area contributed by atoms with E-state index in [-0.39, 0.29) is 0 Å². The number of alkyl halides is 1. The lowest BCUT2D eigenvalue weighted by molar-refractivity contribution is 0.316. The molecule has 1 unspecified atom stereocenters. The molecular weight excluding hydrogens is 316 g/mol. The van der Waals surface area contributed by atoms with E-state index in [9.17, 15) is 0 Å². The van der Waals surface area contributed by atoms with Crippen molar-refractivity contribution in [3.8, 4) is 0 Å². The molecule has 0 spiro atoms. The Morgan fingerprint density at radius 1 is 1.33 bits per heavy atom. The maximum Gasteiger partial charge on any atom is 0.0403 e. The van der Waals surface area contributed by atoms with Crippen LogP contribution >= 0.6 is 31.9 Å². The van der Waals surface area contributed by atoms with Gasteiger partial charge in [-0.25, -0.2) is 0 Å². The lowest BCUT2D eigenvalue weighted by atomic mass is 9.84. The zero-order valence-corrected chi connectivity index (χ0v) is 12.4. The predicted molar refractivity (Wildman–Crippen MR) is 72.5 cm³/mol. The highest BCUT2D eigenvalue weighted by molar-refractivity contribution is 9.10. The van der Waals surface area contributed by atoms with Gasteiger partial charge in [0, 0.05) is 9.30 Å². The summed E-state index contributed by atoms with van der Waals surface area (Å²) in [4.78, 5) is 0.502. The quantitative estimate of drug-likeness (QED) is 0.450. The number of halogens is 2. The molecule has 1 atom stereocenters. The molecule has 0 bridgehead atoms. The highest BCUT2D eigenvalue weighted by Crippen LogP contribution is 2.43. The lowest BCUT2D eigenvalue weighted by Crippen LogP contribution is -2.11. The third-order valence-electron chi connectivity index (χ3n) is 3.25. The van der Waals surface area contributed by atoms with Crippen molar-refractivity contribution >= 4 is 31.9 Å². The van der Waals surface area contributed by atoms with Gasteiger partial charge in [-0.2, -0.15) is 0 Å². The Labute approximate surface area is 109 Å². The monoisotopic (exact) mass is 330 g/mol. The zero-order chi connectivity index (χ0) is 11.1. The van der Waals surface area contributed by atoms with E-state index < -0.39 is 0 Å². The van der Waals surface area contributed by atoms with Crippen LogP contribution in [0.5, 0.6) is 0 Å². The minimum Gasteiger partial charge on any atom is -0.0838 e. The van der Waals surface area contributed by atoms with Gasteiger partial charge in [-0.15, -0.1) is 0 Å². The topological polar surface area (TPSA) is 0 Å². The van der Waals surface area contributed by atoms with Gasteiger partial charge in [-0.1, -0.05) is 51.8 Å². The fourth-order valence-electron chi connectivity index (χ4n) is 2.26. The van der Waals surface area contributed by atoms with Crippen LogP contribution in [0.25, 0.3) is 0 Å². The van der Waals surface area contributed by atoms with Gasteiger partial charge in [0.1, 0.15) is 0 Å². The first-order valence-electron chi connectivity index (χ1n) is 5.40. The summed E-state index contributed by atoms with van der Waals surface area (Å²) in [6, 6.07) is 6.67. The fourth-order valence-corrected chi connectivity index (χ4v) is 3.94. The van der Waals surface area contributed by atoms with E-state index >= 15 is 0 Å². The first-order valence-corrected chi connectivity index (χ1v) is 7.11. The first-order chi connectivity index (χ1) is 6.98. The maximum absolute atomic E-state index is 3.83. The van der Waals surface area contributed by atoms with Crippen LogP contribution in [0.15, 0.2) is 22.7 Å². The number of rotatable bonds is 0. The standard InChI is InChI=1S/C13H16Br2/c1-13(2)6-5-9-3-4-10(14)7-11(9)12(15)8-13/h3-4,7,12H,5-6,8H2,1-2H3. The maximum atomic E-state index is 3.83. The minimum atomic E-state index is 0.444. The SMILES string of the molecule is CC1(C)CCc2ccc(Br)cc2C(Br)C1. The lowest BCUT2D eigenvalue weighted by Gasteiger charge is -2.23. The molecule has 0 N–H and O–H groups in total. The van der Waals surface area contributed by atoms with Crippen LogP contribution in [0.3, 0.4) is 0 Å². The summed E-state index contributed by atoms with van der Waals surface area (Å²) >= 11 is 7.38. The molecule has 0 saturated carbocycles. The van der Waals surface area contributed by atoms with Gasteiger partial charge in [0.05, 0.1) is 0 Å². The summed E-state index contributed by atoms with van der Waals surface area (Å²) in [5, 5.41) is 0. The van der Waals surface area contributed by atoms with Crippen molar-refractivity contribution in [2.45, 2.75) is 37.9 Å². The number of aryl methyl sites for hydroxylation is 1. The molecule has 0 radical (unpaired) electrons. The Morgan fingerprint density at radius 2 is 2.07 bits per heavy atom. The highest BCUT2D eigenvalue weighted by atomic mass is 79.9.